The van der Waals surface area contributed by atoms with Gasteiger partial charge in [0, 0.05) is 0 Å². The van der Waals surface area contributed by atoms with Crippen LogP contribution in [0.5, 0.6) is 0 Å². The van der Waals surface area contributed by atoms with E-state index in [-0.39, 0.29) is 23.3 Å². The number of hydrogen-bond acceptors (Lipinski definition) is 2. The van der Waals surface area contributed by atoms with Crippen molar-refractivity contribution >= 4 is 45.7 Å². The van der Waals surface area contributed by atoms with Crippen molar-refractivity contribution in [3.8, 4) is 0 Å². The molecule has 0 N–H and O–H groups in total. The quantitative estimate of drug-likeness (QED) is 0.527. The van der Waals surface area contributed by atoms with Gasteiger partial charge in [0.2, 0.25) is 3.79 Å². The summed E-state index contributed by atoms with van der Waals surface area (Å²) in [7, 11) is 0. The van der Waals surface area contributed by atoms with Crippen LogP contribution in [0.3, 0.4) is 0 Å². The van der Waals surface area contributed by atoms with Crippen LogP contribution in [0.2, 0.25) is 0 Å². The van der Waals surface area contributed by atoms with Crippen LogP contribution in [0.4, 0.5) is 13.2 Å². The maximum Gasteiger partial charge on any atom is 0.416 e. The van der Waals surface area contributed by atoms with Crippen LogP contribution in [0.1, 0.15) is 17.0 Å². The largest absolute Gasteiger partial charge is 0.416 e. The van der Waals surface area contributed by atoms with E-state index < -0.39 is 21.1 Å². The second-order valence-corrected chi connectivity index (χ2v) is 7.82. The molecule has 0 fully saturated rings. The Hall–Kier alpha value is -1.76. The van der Waals surface area contributed by atoms with Gasteiger partial charge in [-0.05, 0) is 29.8 Å². The maximum absolute atomic E-state index is 12.9. The molecule has 0 saturated heterocycles. The van der Waals surface area contributed by atoms with E-state index >= 15 is 0 Å². The van der Waals surface area contributed by atoms with Gasteiger partial charge in [0.05, 0.1) is 23.0 Å². The fraction of sp³-hybridized carbons (Fsp3) is 0.176. The highest BCUT2D eigenvalue weighted by Gasteiger charge is 2.32. The summed E-state index contributed by atoms with van der Waals surface area (Å²) in [5.74, 6) is -0.163. The summed E-state index contributed by atoms with van der Waals surface area (Å²) in [6, 6.07) is 11.1. The van der Waals surface area contributed by atoms with Crippen LogP contribution < -0.4 is 5.56 Å². The molecule has 0 saturated carbocycles. The Morgan fingerprint density at radius 1 is 1.00 bits per heavy atom. The summed E-state index contributed by atoms with van der Waals surface area (Å²) >= 11 is 17.8. The molecule has 3 aromatic rings. The summed E-state index contributed by atoms with van der Waals surface area (Å²) in [4.78, 5) is 17.0. The van der Waals surface area contributed by atoms with E-state index in [2.05, 4.69) is 4.98 Å². The van der Waals surface area contributed by atoms with Crippen LogP contribution in [0.25, 0.3) is 10.9 Å². The molecule has 1 heterocycles. The van der Waals surface area contributed by atoms with Gasteiger partial charge in [0.15, 0.2) is 5.82 Å². The molecule has 26 heavy (non-hydrogen) atoms. The molecule has 0 unspecified atom stereocenters. The molecule has 0 spiro atoms. The number of halogens is 6. The van der Waals surface area contributed by atoms with E-state index in [0.29, 0.717) is 5.52 Å². The summed E-state index contributed by atoms with van der Waals surface area (Å²) in [5.41, 5.74) is -0.768. The third kappa shape index (κ3) is 3.82. The van der Waals surface area contributed by atoms with Gasteiger partial charge < -0.3 is 0 Å². The molecular formula is C17H10Cl3F3N2O. The zero-order valence-electron chi connectivity index (χ0n) is 12.9. The Labute approximate surface area is 160 Å². The Kier molecular flexibility index (Phi) is 4.94. The summed E-state index contributed by atoms with van der Waals surface area (Å²) < 4.78 is 37.8. The van der Waals surface area contributed by atoms with Crippen LogP contribution in [0, 0.1) is 0 Å². The molecule has 0 aliphatic heterocycles. The standard InChI is InChI=1S/C17H10Cl3F3N2O/c18-16(19,20)15-24-13-7-2-1-6-12(13)14(26)25(15)9-10-4-3-5-11(8-10)17(21,22)23/h1-8H,9H2. The van der Waals surface area contributed by atoms with E-state index in [1.54, 1.807) is 24.3 Å². The summed E-state index contributed by atoms with van der Waals surface area (Å²) in [6.45, 7) is -0.218. The Morgan fingerprint density at radius 3 is 2.35 bits per heavy atom. The van der Waals surface area contributed by atoms with Gasteiger partial charge in [-0.3, -0.25) is 9.36 Å². The van der Waals surface area contributed by atoms with Gasteiger partial charge in [0.25, 0.3) is 5.56 Å². The number of aromatic nitrogens is 2. The molecule has 2 aromatic carbocycles. The number of alkyl halides is 6. The zero-order chi connectivity index (χ0) is 19.1. The second kappa shape index (κ2) is 6.76. The molecule has 0 bridgehead atoms. The number of para-hydroxylation sites is 1. The monoisotopic (exact) mass is 420 g/mol. The van der Waals surface area contributed by atoms with Crippen molar-refractivity contribution in [2.45, 2.75) is 16.5 Å². The minimum absolute atomic E-state index is 0.163. The third-order valence-electron chi connectivity index (χ3n) is 3.71. The zero-order valence-corrected chi connectivity index (χ0v) is 15.2. The first-order chi connectivity index (χ1) is 12.1. The molecule has 3 rings (SSSR count). The molecule has 9 heteroatoms. The molecule has 3 nitrogen and oxygen atoms in total. The lowest BCUT2D eigenvalue weighted by molar-refractivity contribution is -0.137. The van der Waals surface area contributed by atoms with E-state index in [1.165, 1.54) is 12.1 Å². The first-order valence-electron chi connectivity index (χ1n) is 7.30. The van der Waals surface area contributed by atoms with Crippen molar-refractivity contribution in [1.82, 2.24) is 9.55 Å². The second-order valence-electron chi connectivity index (χ2n) is 5.54. The number of hydrogen-bond donors (Lipinski definition) is 0. The minimum Gasteiger partial charge on any atom is -0.288 e. The number of fused-ring (bicyclic) bond motifs is 1. The predicted molar refractivity (Wildman–Crippen MR) is 95.8 cm³/mol. The van der Waals surface area contributed by atoms with Crippen molar-refractivity contribution < 1.29 is 13.2 Å². The molecular weight excluding hydrogens is 412 g/mol. The number of nitrogens with zero attached hydrogens (tertiary/aromatic N) is 2. The van der Waals surface area contributed by atoms with E-state index in [4.69, 9.17) is 34.8 Å². The summed E-state index contributed by atoms with van der Waals surface area (Å²) in [5, 5.41) is 0.275. The molecule has 0 aliphatic rings. The lowest BCUT2D eigenvalue weighted by atomic mass is 10.1. The van der Waals surface area contributed by atoms with Crippen molar-refractivity contribution in [3.63, 3.8) is 0 Å². The highest BCUT2D eigenvalue weighted by molar-refractivity contribution is 6.66. The molecule has 0 amide bonds. The Bertz CT molecular complexity index is 1030. The van der Waals surface area contributed by atoms with Gasteiger partial charge in [-0.25, -0.2) is 4.98 Å². The van der Waals surface area contributed by atoms with E-state index in [9.17, 15) is 18.0 Å². The van der Waals surface area contributed by atoms with Gasteiger partial charge in [0.1, 0.15) is 0 Å². The normalized spacial score (nSPS) is 12.5. The van der Waals surface area contributed by atoms with Gasteiger partial charge in [-0.1, -0.05) is 59.1 Å². The Morgan fingerprint density at radius 2 is 1.69 bits per heavy atom. The van der Waals surface area contributed by atoms with Crippen molar-refractivity contribution in [1.29, 1.82) is 0 Å². The van der Waals surface area contributed by atoms with E-state index in [0.717, 1.165) is 16.7 Å². The van der Waals surface area contributed by atoms with Gasteiger partial charge >= 0.3 is 6.18 Å². The molecule has 136 valence electrons. The molecule has 0 aliphatic carbocycles. The minimum atomic E-state index is -4.50. The summed E-state index contributed by atoms with van der Waals surface area (Å²) in [6.07, 6.45) is -4.50. The lowest BCUT2D eigenvalue weighted by Crippen LogP contribution is -2.29. The fourth-order valence-corrected chi connectivity index (χ4v) is 2.99. The van der Waals surface area contributed by atoms with Gasteiger partial charge in [-0.15, -0.1) is 0 Å². The first kappa shape index (κ1) is 19.0. The van der Waals surface area contributed by atoms with Crippen LogP contribution in [-0.4, -0.2) is 9.55 Å². The number of rotatable bonds is 2. The van der Waals surface area contributed by atoms with Gasteiger partial charge in [-0.2, -0.15) is 13.2 Å². The van der Waals surface area contributed by atoms with E-state index in [1.807, 2.05) is 0 Å². The number of benzene rings is 2. The molecule has 0 atom stereocenters. The van der Waals surface area contributed by atoms with Crippen LogP contribution >= 0.6 is 34.8 Å². The maximum atomic E-state index is 12.9. The van der Waals surface area contributed by atoms with Crippen molar-refractivity contribution in [3.05, 3.63) is 75.8 Å². The van der Waals surface area contributed by atoms with Crippen LogP contribution in [0.15, 0.2) is 53.3 Å². The lowest BCUT2D eigenvalue weighted by Gasteiger charge is -2.19. The first-order valence-corrected chi connectivity index (χ1v) is 8.43. The topological polar surface area (TPSA) is 34.9 Å². The average molecular weight is 422 g/mol. The SMILES string of the molecule is O=c1c2ccccc2nc(C(Cl)(Cl)Cl)n1Cc1cccc(C(F)(F)F)c1. The predicted octanol–water partition coefficient (Wildman–Crippen LogP) is 5.29. The average Bonchev–Trinajstić information content (AvgIpc) is 2.56. The highest BCUT2D eigenvalue weighted by atomic mass is 35.6. The third-order valence-corrected chi connectivity index (χ3v) is 4.22. The highest BCUT2D eigenvalue weighted by Crippen LogP contribution is 2.37. The molecule has 1 aromatic heterocycles. The smallest absolute Gasteiger partial charge is 0.288 e. The van der Waals surface area contributed by atoms with Crippen molar-refractivity contribution in [2.75, 3.05) is 0 Å². The van der Waals surface area contributed by atoms with Crippen LogP contribution in [-0.2, 0) is 16.5 Å². The Balaban J connectivity index is 2.19. The molecule has 0 radical (unpaired) electrons. The van der Waals surface area contributed by atoms with Crippen molar-refractivity contribution in [2.24, 2.45) is 0 Å². The fourth-order valence-electron chi connectivity index (χ4n) is 2.56.